The molecule has 0 saturated carbocycles. The van der Waals surface area contributed by atoms with Gasteiger partial charge in [0, 0.05) is 6.54 Å². The summed E-state index contributed by atoms with van der Waals surface area (Å²) >= 11 is 0. The Bertz CT molecular complexity index is 932. The molecule has 3 aromatic carbocycles. The average Bonchev–Trinajstić information content (AvgIpc) is 2.61. The van der Waals surface area contributed by atoms with Gasteiger partial charge in [-0.1, -0.05) is 48.5 Å². The molecule has 0 aliphatic carbocycles. The topological polar surface area (TPSA) is 29.5 Å². The van der Waals surface area contributed by atoms with Gasteiger partial charge in [-0.2, -0.15) is 0 Å². The lowest BCUT2D eigenvalue weighted by Crippen LogP contribution is -2.39. The summed E-state index contributed by atoms with van der Waals surface area (Å²) in [6, 6.07) is 17.3. The molecule has 0 aromatic heterocycles. The van der Waals surface area contributed by atoms with Gasteiger partial charge in [0.2, 0.25) is 0 Å². The van der Waals surface area contributed by atoms with Crippen LogP contribution in [0, 0.1) is 0 Å². The molecule has 1 aliphatic heterocycles. The first-order valence-corrected chi connectivity index (χ1v) is 8.57. The van der Waals surface area contributed by atoms with Crippen molar-refractivity contribution in [3.8, 4) is 0 Å². The van der Waals surface area contributed by atoms with E-state index in [0.29, 0.717) is 13.2 Å². The molecule has 0 N–H and O–H groups in total. The largest absolute Gasteiger partial charge is 0.450 e. The van der Waals surface area contributed by atoms with Gasteiger partial charge >= 0.3 is 6.09 Å². The molecule has 0 bridgehead atoms. The lowest BCUT2D eigenvalue weighted by atomic mass is 9.88. The van der Waals surface area contributed by atoms with Crippen molar-refractivity contribution in [1.29, 1.82) is 0 Å². The number of carbonyl (C=O) groups excluding carboxylic acids is 1. The third-order valence-electron chi connectivity index (χ3n) is 5.10. The Morgan fingerprint density at radius 3 is 2.71 bits per heavy atom. The zero-order valence-electron chi connectivity index (χ0n) is 14.1. The average molecular weight is 319 g/mol. The maximum absolute atomic E-state index is 12.2. The standard InChI is InChI=1S/C21H21NO2/c1-3-24-21(23)22-13-12-20-16(14(22)2)10-11-18-17-7-5-4-6-15(17)8-9-19(18)20/h4-11,14H,3,12-13H2,1-2H3. The maximum atomic E-state index is 12.2. The molecule has 0 spiro atoms. The van der Waals surface area contributed by atoms with E-state index in [0.717, 1.165) is 6.42 Å². The number of amides is 1. The van der Waals surface area contributed by atoms with Crippen molar-refractivity contribution in [3.63, 3.8) is 0 Å². The lowest BCUT2D eigenvalue weighted by molar-refractivity contribution is 0.0903. The van der Waals surface area contributed by atoms with Gasteiger partial charge in [0.25, 0.3) is 0 Å². The van der Waals surface area contributed by atoms with Crippen LogP contribution in [-0.4, -0.2) is 24.1 Å². The van der Waals surface area contributed by atoms with Crippen LogP contribution in [0.15, 0.2) is 48.5 Å². The summed E-state index contributed by atoms with van der Waals surface area (Å²) < 4.78 is 5.20. The van der Waals surface area contributed by atoms with E-state index in [9.17, 15) is 4.79 Å². The van der Waals surface area contributed by atoms with Crippen LogP contribution in [0.4, 0.5) is 4.79 Å². The smallest absolute Gasteiger partial charge is 0.410 e. The molecule has 1 aliphatic rings. The number of nitrogens with zero attached hydrogens (tertiary/aromatic N) is 1. The highest BCUT2D eigenvalue weighted by atomic mass is 16.6. The van der Waals surface area contributed by atoms with Crippen molar-refractivity contribution in [2.24, 2.45) is 0 Å². The second kappa shape index (κ2) is 5.82. The molecule has 1 amide bonds. The normalized spacial score (nSPS) is 17.1. The summed E-state index contributed by atoms with van der Waals surface area (Å²) in [5.74, 6) is 0. The summed E-state index contributed by atoms with van der Waals surface area (Å²) in [4.78, 5) is 14.0. The van der Waals surface area contributed by atoms with Crippen LogP contribution in [0.3, 0.4) is 0 Å². The number of carbonyl (C=O) groups is 1. The number of hydrogen-bond acceptors (Lipinski definition) is 2. The molecule has 1 unspecified atom stereocenters. The predicted octanol–water partition coefficient (Wildman–Crippen LogP) is 5.07. The van der Waals surface area contributed by atoms with Gasteiger partial charge in [0.15, 0.2) is 0 Å². The Morgan fingerprint density at radius 2 is 1.88 bits per heavy atom. The molecular formula is C21H21NO2. The van der Waals surface area contributed by atoms with Crippen molar-refractivity contribution in [1.82, 2.24) is 4.90 Å². The summed E-state index contributed by atoms with van der Waals surface area (Å²) in [5, 5.41) is 5.16. The van der Waals surface area contributed by atoms with E-state index in [1.807, 2.05) is 11.8 Å². The summed E-state index contributed by atoms with van der Waals surface area (Å²) in [5.41, 5.74) is 2.60. The van der Waals surface area contributed by atoms with Gasteiger partial charge in [-0.3, -0.25) is 0 Å². The minimum absolute atomic E-state index is 0.0451. The third kappa shape index (κ3) is 2.23. The number of rotatable bonds is 1. The second-order valence-corrected chi connectivity index (χ2v) is 6.33. The molecule has 3 aromatic rings. The molecule has 0 saturated heterocycles. The minimum atomic E-state index is -0.214. The molecule has 122 valence electrons. The predicted molar refractivity (Wildman–Crippen MR) is 97.3 cm³/mol. The van der Waals surface area contributed by atoms with E-state index in [1.54, 1.807) is 0 Å². The van der Waals surface area contributed by atoms with Crippen LogP contribution in [0.25, 0.3) is 21.5 Å². The Balaban J connectivity index is 1.85. The van der Waals surface area contributed by atoms with Gasteiger partial charge in [-0.25, -0.2) is 4.79 Å². The van der Waals surface area contributed by atoms with Crippen LogP contribution >= 0.6 is 0 Å². The van der Waals surface area contributed by atoms with Gasteiger partial charge in [0.05, 0.1) is 12.6 Å². The molecule has 1 atom stereocenters. The summed E-state index contributed by atoms with van der Waals surface area (Å²) in [7, 11) is 0. The highest BCUT2D eigenvalue weighted by Gasteiger charge is 2.29. The van der Waals surface area contributed by atoms with Crippen LogP contribution < -0.4 is 0 Å². The Labute approximate surface area is 141 Å². The van der Waals surface area contributed by atoms with Gasteiger partial charge in [0.1, 0.15) is 0 Å². The fraction of sp³-hybridized carbons (Fsp3) is 0.286. The maximum Gasteiger partial charge on any atom is 0.410 e. The number of ether oxygens (including phenoxy) is 1. The molecular weight excluding hydrogens is 298 g/mol. The Kier molecular flexibility index (Phi) is 3.64. The van der Waals surface area contributed by atoms with Crippen molar-refractivity contribution in [2.45, 2.75) is 26.3 Å². The van der Waals surface area contributed by atoms with Crippen molar-refractivity contribution < 1.29 is 9.53 Å². The molecule has 0 fully saturated rings. The Morgan fingerprint density at radius 1 is 1.08 bits per heavy atom. The molecule has 3 heteroatoms. The first kappa shape index (κ1) is 15.0. The van der Waals surface area contributed by atoms with Crippen LogP contribution in [0.5, 0.6) is 0 Å². The fourth-order valence-electron chi connectivity index (χ4n) is 3.89. The summed E-state index contributed by atoms with van der Waals surface area (Å²) in [6.07, 6.45) is 0.656. The van der Waals surface area contributed by atoms with Crippen molar-refractivity contribution >= 4 is 27.6 Å². The highest BCUT2D eigenvalue weighted by Crippen LogP contribution is 2.36. The lowest BCUT2D eigenvalue weighted by Gasteiger charge is -2.35. The van der Waals surface area contributed by atoms with Crippen molar-refractivity contribution in [3.05, 3.63) is 59.7 Å². The van der Waals surface area contributed by atoms with Crippen LogP contribution in [0.2, 0.25) is 0 Å². The van der Waals surface area contributed by atoms with Crippen LogP contribution in [-0.2, 0) is 11.2 Å². The quantitative estimate of drug-likeness (QED) is 0.586. The molecule has 24 heavy (non-hydrogen) atoms. The van der Waals surface area contributed by atoms with Crippen LogP contribution in [0.1, 0.15) is 31.0 Å². The molecule has 1 heterocycles. The van der Waals surface area contributed by atoms with Gasteiger partial charge in [-0.15, -0.1) is 0 Å². The second-order valence-electron chi connectivity index (χ2n) is 6.33. The third-order valence-corrected chi connectivity index (χ3v) is 5.10. The first-order chi connectivity index (χ1) is 11.7. The summed E-state index contributed by atoms with van der Waals surface area (Å²) in [6.45, 7) is 5.05. The number of fused-ring (bicyclic) bond motifs is 5. The van der Waals surface area contributed by atoms with E-state index in [4.69, 9.17) is 4.74 Å². The zero-order chi connectivity index (χ0) is 16.7. The van der Waals surface area contributed by atoms with E-state index < -0.39 is 0 Å². The molecule has 4 rings (SSSR count). The fourth-order valence-corrected chi connectivity index (χ4v) is 3.89. The zero-order valence-corrected chi connectivity index (χ0v) is 14.1. The SMILES string of the molecule is CCOC(=O)N1CCc2c(ccc3c2ccc2ccccc23)C1C. The van der Waals surface area contributed by atoms with Gasteiger partial charge in [-0.05, 0) is 52.9 Å². The number of hydrogen-bond donors (Lipinski definition) is 0. The molecule has 0 radical (unpaired) electrons. The molecule has 3 nitrogen and oxygen atoms in total. The Hall–Kier alpha value is -2.55. The first-order valence-electron chi connectivity index (χ1n) is 8.57. The van der Waals surface area contributed by atoms with E-state index >= 15 is 0 Å². The van der Waals surface area contributed by atoms with Gasteiger partial charge < -0.3 is 9.64 Å². The highest BCUT2D eigenvalue weighted by molar-refractivity contribution is 6.08. The monoisotopic (exact) mass is 319 g/mol. The number of benzene rings is 3. The van der Waals surface area contributed by atoms with Crippen molar-refractivity contribution in [2.75, 3.05) is 13.2 Å². The minimum Gasteiger partial charge on any atom is -0.450 e. The van der Waals surface area contributed by atoms with E-state index in [1.165, 1.54) is 32.7 Å². The van der Waals surface area contributed by atoms with E-state index in [-0.39, 0.29) is 12.1 Å². The van der Waals surface area contributed by atoms with E-state index in [2.05, 4.69) is 55.5 Å².